The van der Waals surface area contributed by atoms with E-state index in [1.807, 2.05) is 5.38 Å². The highest BCUT2D eigenvalue weighted by Gasteiger charge is 2.39. The van der Waals surface area contributed by atoms with Gasteiger partial charge < -0.3 is 20.1 Å². The Morgan fingerprint density at radius 1 is 1.11 bits per heavy atom. The van der Waals surface area contributed by atoms with E-state index in [9.17, 15) is 9.59 Å². The normalized spacial score (nSPS) is 21.5. The smallest absolute Gasteiger partial charge is 0.330 e. The van der Waals surface area contributed by atoms with E-state index in [1.54, 1.807) is 23.4 Å². The summed E-state index contributed by atoms with van der Waals surface area (Å²) in [6, 6.07) is 1.02. The molecular formula is C31H35Cl2N7O4S. The fourth-order valence-corrected chi connectivity index (χ4v) is 7.77. The number of rotatable bonds is 10. The number of anilines is 3. The first-order valence-corrected chi connectivity index (χ1v) is 16.6. The Hall–Kier alpha value is -3.61. The Kier molecular flexibility index (Phi) is 9.34. The van der Waals surface area contributed by atoms with Crippen molar-refractivity contribution in [3.8, 4) is 11.5 Å². The number of amides is 3. The molecule has 11 nitrogen and oxygen atoms in total. The lowest BCUT2D eigenvalue weighted by atomic mass is 9.68. The molecule has 6 rings (SSSR count). The van der Waals surface area contributed by atoms with Crippen molar-refractivity contribution in [1.82, 2.24) is 20.3 Å². The van der Waals surface area contributed by atoms with Crippen molar-refractivity contribution >= 4 is 63.9 Å². The van der Waals surface area contributed by atoms with Gasteiger partial charge in [-0.2, -0.15) is 4.98 Å². The summed E-state index contributed by atoms with van der Waals surface area (Å²) in [5, 5.41) is 9.56. The summed E-state index contributed by atoms with van der Waals surface area (Å²) < 4.78 is 10.9. The number of nitrogens with zero attached hydrogens (tertiary/aromatic N) is 5. The molecule has 1 aliphatic heterocycles. The first-order valence-electron chi connectivity index (χ1n) is 14.9. The number of halogens is 2. The second-order valence-corrected chi connectivity index (χ2v) is 13.3. The van der Waals surface area contributed by atoms with Crippen molar-refractivity contribution < 1.29 is 19.1 Å². The summed E-state index contributed by atoms with van der Waals surface area (Å²) in [6.07, 6.45) is 11.3. The third-order valence-corrected chi connectivity index (χ3v) is 10.5. The van der Waals surface area contributed by atoms with E-state index < -0.39 is 0 Å². The van der Waals surface area contributed by atoms with E-state index in [4.69, 9.17) is 37.7 Å². The van der Waals surface area contributed by atoms with Crippen LogP contribution in [0.1, 0.15) is 49.1 Å². The average Bonchev–Trinajstić information content (AvgIpc) is 3.53. The average molecular weight is 673 g/mol. The first kappa shape index (κ1) is 31.4. The van der Waals surface area contributed by atoms with Gasteiger partial charge in [0.05, 0.1) is 33.0 Å². The number of thiazole rings is 1. The van der Waals surface area contributed by atoms with Crippen molar-refractivity contribution in [2.75, 3.05) is 29.3 Å². The molecule has 3 atom stereocenters. The molecule has 2 saturated carbocycles. The van der Waals surface area contributed by atoms with Crippen LogP contribution in [0, 0.1) is 11.8 Å². The van der Waals surface area contributed by atoms with Crippen LogP contribution in [0.3, 0.4) is 0 Å². The van der Waals surface area contributed by atoms with Crippen LogP contribution in [-0.2, 0) is 17.9 Å². The number of urea groups is 1. The van der Waals surface area contributed by atoms with Crippen molar-refractivity contribution in [2.24, 2.45) is 11.8 Å². The molecule has 3 aliphatic rings. The number of fused-ring (bicyclic) bond motifs is 1. The number of methoxy groups -OCH3 is 2. The lowest BCUT2D eigenvalue weighted by Gasteiger charge is -2.43. The zero-order valence-electron chi connectivity index (χ0n) is 25.1. The third kappa shape index (κ3) is 6.28. The predicted octanol–water partition coefficient (Wildman–Crippen LogP) is 6.46. The minimum Gasteiger partial charge on any atom is -0.495 e. The zero-order chi connectivity index (χ0) is 31.7. The minimum absolute atomic E-state index is 0.0728. The number of benzene rings is 1. The van der Waals surface area contributed by atoms with Gasteiger partial charge in [0.15, 0.2) is 0 Å². The highest BCUT2D eigenvalue weighted by molar-refractivity contribution is 7.09. The molecule has 1 aromatic carbocycles. The number of aromatic nitrogens is 3. The van der Waals surface area contributed by atoms with E-state index >= 15 is 0 Å². The number of ether oxygens (including phenoxy) is 2. The van der Waals surface area contributed by atoms with Gasteiger partial charge in [0, 0.05) is 41.5 Å². The monoisotopic (exact) mass is 671 g/mol. The van der Waals surface area contributed by atoms with Gasteiger partial charge in [-0.05, 0) is 37.2 Å². The molecule has 0 saturated heterocycles. The number of hydrogen-bond acceptors (Lipinski definition) is 9. The first-order chi connectivity index (χ1) is 21.8. The largest absolute Gasteiger partial charge is 0.495 e. The van der Waals surface area contributed by atoms with Gasteiger partial charge in [0.25, 0.3) is 0 Å². The fourth-order valence-electron chi connectivity index (χ4n) is 6.46. The highest BCUT2D eigenvalue weighted by Crippen LogP contribution is 2.48. The van der Waals surface area contributed by atoms with Crippen molar-refractivity contribution in [1.29, 1.82) is 0 Å². The molecule has 0 spiro atoms. The Morgan fingerprint density at radius 2 is 1.87 bits per heavy atom. The second kappa shape index (κ2) is 13.4. The third-order valence-electron chi connectivity index (χ3n) is 9.02. The summed E-state index contributed by atoms with van der Waals surface area (Å²) in [4.78, 5) is 43.6. The highest BCUT2D eigenvalue weighted by atomic mass is 35.5. The molecule has 3 heterocycles. The van der Waals surface area contributed by atoms with Crippen LogP contribution >= 0.6 is 34.5 Å². The van der Waals surface area contributed by atoms with Crippen molar-refractivity contribution in [3.63, 3.8) is 0 Å². The summed E-state index contributed by atoms with van der Waals surface area (Å²) in [6.45, 7) is 3.91. The Bertz CT molecular complexity index is 1560. The Labute approximate surface area is 275 Å². The number of carbonyl (C=O) groups excluding carboxylic acids is 2. The minimum atomic E-state index is -0.389. The summed E-state index contributed by atoms with van der Waals surface area (Å²) >= 11 is 14.9. The summed E-state index contributed by atoms with van der Waals surface area (Å²) in [7, 11) is 2.97. The molecule has 2 aliphatic carbocycles. The Balaban J connectivity index is 1.35. The van der Waals surface area contributed by atoms with Gasteiger partial charge in [-0.1, -0.05) is 49.0 Å². The summed E-state index contributed by atoms with van der Waals surface area (Å²) in [5.74, 6) is 2.59. The van der Waals surface area contributed by atoms with Gasteiger partial charge in [-0.15, -0.1) is 11.3 Å². The van der Waals surface area contributed by atoms with Crippen LogP contribution in [-0.4, -0.2) is 53.2 Å². The van der Waals surface area contributed by atoms with Crippen LogP contribution < -0.4 is 29.9 Å². The summed E-state index contributed by atoms with van der Waals surface area (Å²) in [5.41, 5.74) is 0.958. The molecule has 3 amide bonds. The van der Waals surface area contributed by atoms with Crippen molar-refractivity contribution in [3.05, 3.63) is 57.1 Å². The van der Waals surface area contributed by atoms with Gasteiger partial charge in [0.2, 0.25) is 11.9 Å². The van der Waals surface area contributed by atoms with Crippen LogP contribution in [0.2, 0.25) is 10.0 Å². The molecule has 2 N–H and O–H groups in total. The molecule has 3 aromatic rings. The van der Waals surface area contributed by atoms with Crippen LogP contribution in [0.5, 0.6) is 11.5 Å². The van der Waals surface area contributed by atoms with E-state index in [-0.39, 0.29) is 52.8 Å². The molecule has 14 heteroatoms. The number of carbonyl (C=O) groups is 2. The lowest BCUT2D eigenvalue weighted by Crippen LogP contribution is -2.51. The standard InChI is InChI=1S/C31H35Cl2N7O4S/c1-4-24(41)36-20-9-8-18(17-6-5-7-17)12-21(20)37-30-35-14-19-15-39(28-26(32)22(43-2)13-23(44-3)27(28)33)31(42)40(29(19)38-30)16-25-34-10-11-45-25/h4,10-11,13-14,17-18,20-21H,1,5-9,12,15-16H2,2-3H3,(H,36,41)(H,35,37,38)/t18?,20-,21+/m0/s1. The molecule has 2 fully saturated rings. The molecule has 1 unspecified atom stereocenters. The molecule has 2 aromatic heterocycles. The van der Waals surface area contributed by atoms with E-state index in [2.05, 4.69) is 27.2 Å². The van der Waals surface area contributed by atoms with Gasteiger partial charge in [-0.25, -0.2) is 14.8 Å². The quantitative estimate of drug-likeness (QED) is 0.236. The maximum atomic E-state index is 14.3. The van der Waals surface area contributed by atoms with Crippen LogP contribution in [0.4, 0.5) is 22.2 Å². The molecule has 0 bridgehead atoms. The van der Waals surface area contributed by atoms with E-state index in [0.717, 1.165) is 30.2 Å². The topological polar surface area (TPSA) is 122 Å². The zero-order valence-corrected chi connectivity index (χ0v) is 27.4. The number of hydrogen-bond donors (Lipinski definition) is 2. The molecule has 238 valence electrons. The maximum absolute atomic E-state index is 14.3. The molecule has 45 heavy (non-hydrogen) atoms. The fraction of sp³-hybridized carbons (Fsp3) is 0.452. The molecular weight excluding hydrogens is 637 g/mol. The van der Waals surface area contributed by atoms with E-state index in [0.29, 0.717) is 34.7 Å². The van der Waals surface area contributed by atoms with Gasteiger partial charge in [0.1, 0.15) is 32.4 Å². The Morgan fingerprint density at radius 3 is 2.49 bits per heavy atom. The molecule has 0 radical (unpaired) electrons. The van der Waals surface area contributed by atoms with Crippen LogP contribution in [0.25, 0.3) is 0 Å². The van der Waals surface area contributed by atoms with Gasteiger partial charge in [-0.3, -0.25) is 14.6 Å². The predicted molar refractivity (Wildman–Crippen MR) is 176 cm³/mol. The number of nitrogens with one attached hydrogen (secondary N) is 2. The van der Waals surface area contributed by atoms with Crippen molar-refractivity contribution in [2.45, 2.75) is 63.7 Å². The van der Waals surface area contributed by atoms with E-state index in [1.165, 1.54) is 55.8 Å². The van der Waals surface area contributed by atoms with Crippen LogP contribution in [0.15, 0.2) is 36.5 Å². The van der Waals surface area contributed by atoms with Gasteiger partial charge >= 0.3 is 6.03 Å². The lowest BCUT2D eigenvalue weighted by molar-refractivity contribution is -0.117. The second-order valence-electron chi connectivity index (χ2n) is 11.5. The maximum Gasteiger partial charge on any atom is 0.330 e. The SMILES string of the molecule is C=CC(=O)N[C@H]1CCC(C2CCC2)C[C@H]1Nc1ncc2c(n1)N(Cc1nccs1)C(=O)N(c1c(Cl)c(OC)cc(OC)c1Cl)C2.